The number of ether oxygens (including phenoxy) is 1. The Morgan fingerprint density at radius 3 is 2.56 bits per heavy atom. The van der Waals surface area contributed by atoms with Gasteiger partial charge in [0, 0.05) is 18.7 Å². The number of amides is 2. The van der Waals surface area contributed by atoms with Crippen molar-refractivity contribution in [2.45, 2.75) is 19.0 Å². The van der Waals surface area contributed by atoms with Crippen molar-refractivity contribution in [3.63, 3.8) is 0 Å². The van der Waals surface area contributed by atoms with Crippen LogP contribution in [-0.4, -0.2) is 64.1 Å². The highest BCUT2D eigenvalue weighted by Gasteiger charge is 2.18. The Morgan fingerprint density at radius 1 is 1.26 bits per heavy atom. The highest BCUT2D eigenvalue weighted by molar-refractivity contribution is 7.99. The molecule has 9 nitrogen and oxygen atoms in total. The first-order chi connectivity index (χ1) is 13.0. The lowest BCUT2D eigenvalue weighted by Crippen LogP contribution is -2.41. The normalized spacial score (nSPS) is 10.5. The quantitative estimate of drug-likeness (QED) is 0.478. The predicted octanol–water partition coefficient (Wildman–Crippen LogP) is 0.744. The molecule has 1 aromatic heterocycles. The molecule has 1 aromatic carbocycles. The van der Waals surface area contributed by atoms with Crippen LogP contribution in [0.2, 0.25) is 0 Å². The molecule has 0 aliphatic heterocycles. The number of aromatic nitrogens is 3. The molecule has 10 heteroatoms. The van der Waals surface area contributed by atoms with Gasteiger partial charge in [-0.25, -0.2) is 4.68 Å². The van der Waals surface area contributed by atoms with Crippen molar-refractivity contribution < 1.29 is 14.3 Å². The summed E-state index contributed by atoms with van der Waals surface area (Å²) < 4.78 is 6.48. The zero-order chi connectivity index (χ0) is 19.8. The number of methoxy groups -OCH3 is 1. The summed E-state index contributed by atoms with van der Waals surface area (Å²) in [6.07, 6.45) is 0. The lowest BCUT2D eigenvalue weighted by molar-refractivity contribution is -0.133. The number of carbonyl (C=O) groups is 2. The second kappa shape index (κ2) is 9.81. The SMILES string of the molecule is CCNC(=O)CN(CC)C(=O)CSc1nnc(-c2ccc(OC)cc2)n1N. The summed E-state index contributed by atoms with van der Waals surface area (Å²) in [7, 11) is 1.59. The molecule has 27 heavy (non-hydrogen) atoms. The van der Waals surface area contributed by atoms with E-state index in [1.54, 1.807) is 19.2 Å². The van der Waals surface area contributed by atoms with E-state index in [9.17, 15) is 9.59 Å². The number of hydrogen-bond acceptors (Lipinski definition) is 7. The maximum absolute atomic E-state index is 12.4. The Bertz CT molecular complexity index is 777. The maximum Gasteiger partial charge on any atom is 0.239 e. The van der Waals surface area contributed by atoms with E-state index in [1.165, 1.54) is 21.3 Å². The van der Waals surface area contributed by atoms with Crippen molar-refractivity contribution in [3.8, 4) is 17.1 Å². The third-order valence-electron chi connectivity index (χ3n) is 3.78. The molecule has 0 fully saturated rings. The Balaban J connectivity index is 2.00. The molecule has 0 saturated heterocycles. The lowest BCUT2D eigenvalue weighted by atomic mass is 10.2. The number of nitrogens with two attached hydrogens (primary N) is 1. The molecule has 0 radical (unpaired) electrons. The van der Waals surface area contributed by atoms with Crippen molar-refractivity contribution >= 4 is 23.6 Å². The summed E-state index contributed by atoms with van der Waals surface area (Å²) in [5, 5.41) is 11.2. The molecular weight excluding hydrogens is 368 g/mol. The van der Waals surface area contributed by atoms with E-state index in [4.69, 9.17) is 10.6 Å². The minimum atomic E-state index is -0.179. The van der Waals surface area contributed by atoms with Gasteiger partial charge in [-0.05, 0) is 38.1 Å². The number of rotatable bonds is 9. The minimum absolute atomic E-state index is 0.0378. The van der Waals surface area contributed by atoms with Crippen LogP contribution in [0.3, 0.4) is 0 Å². The number of thioether (sulfide) groups is 1. The molecule has 0 bridgehead atoms. The number of nitrogens with zero attached hydrogens (tertiary/aromatic N) is 4. The fourth-order valence-corrected chi connectivity index (χ4v) is 3.09. The molecule has 0 spiro atoms. The van der Waals surface area contributed by atoms with Gasteiger partial charge in [0.1, 0.15) is 5.75 Å². The highest BCUT2D eigenvalue weighted by atomic mass is 32.2. The molecule has 0 unspecified atom stereocenters. The third kappa shape index (κ3) is 5.36. The molecule has 0 aliphatic carbocycles. The van der Waals surface area contributed by atoms with E-state index in [2.05, 4.69) is 15.5 Å². The summed E-state index contributed by atoms with van der Waals surface area (Å²) >= 11 is 1.18. The Hall–Kier alpha value is -2.75. The number of hydrogen-bond donors (Lipinski definition) is 2. The second-order valence-electron chi connectivity index (χ2n) is 5.55. The average Bonchev–Trinajstić information content (AvgIpc) is 3.05. The van der Waals surface area contributed by atoms with Gasteiger partial charge < -0.3 is 20.8 Å². The van der Waals surface area contributed by atoms with E-state index in [1.807, 2.05) is 26.0 Å². The lowest BCUT2D eigenvalue weighted by Gasteiger charge is -2.19. The van der Waals surface area contributed by atoms with Gasteiger partial charge in [0.15, 0.2) is 5.82 Å². The fraction of sp³-hybridized carbons (Fsp3) is 0.412. The molecule has 1 heterocycles. The van der Waals surface area contributed by atoms with Gasteiger partial charge in [0.2, 0.25) is 17.0 Å². The van der Waals surface area contributed by atoms with Gasteiger partial charge in [-0.1, -0.05) is 11.8 Å². The first kappa shape index (κ1) is 20.6. The zero-order valence-electron chi connectivity index (χ0n) is 15.6. The van der Waals surface area contributed by atoms with Gasteiger partial charge in [-0.3, -0.25) is 9.59 Å². The largest absolute Gasteiger partial charge is 0.497 e. The molecular formula is C17H24N6O3S. The molecule has 0 atom stereocenters. The van der Waals surface area contributed by atoms with Crippen LogP contribution >= 0.6 is 11.8 Å². The number of benzene rings is 1. The van der Waals surface area contributed by atoms with Crippen LogP contribution in [0.4, 0.5) is 0 Å². The smallest absolute Gasteiger partial charge is 0.239 e. The van der Waals surface area contributed by atoms with Crippen LogP contribution in [0.25, 0.3) is 11.4 Å². The minimum Gasteiger partial charge on any atom is -0.497 e. The number of carbonyl (C=O) groups excluding carboxylic acids is 2. The fourth-order valence-electron chi connectivity index (χ4n) is 2.33. The van der Waals surface area contributed by atoms with E-state index in [-0.39, 0.29) is 24.1 Å². The maximum atomic E-state index is 12.4. The summed E-state index contributed by atoms with van der Waals surface area (Å²) in [6.45, 7) is 4.68. The zero-order valence-corrected chi connectivity index (χ0v) is 16.5. The van der Waals surface area contributed by atoms with E-state index in [0.29, 0.717) is 24.1 Å². The molecule has 0 saturated carbocycles. The molecule has 146 valence electrons. The number of nitrogen functional groups attached to an aromatic ring is 1. The summed E-state index contributed by atoms with van der Waals surface area (Å²) in [6, 6.07) is 7.27. The molecule has 3 N–H and O–H groups in total. The summed E-state index contributed by atoms with van der Waals surface area (Å²) in [5.74, 6) is 7.06. The first-order valence-corrected chi connectivity index (χ1v) is 9.50. The topological polar surface area (TPSA) is 115 Å². The van der Waals surface area contributed by atoms with Gasteiger partial charge in [0.05, 0.1) is 19.4 Å². The predicted molar refractivity (Wildman–Crippen MR) is 104 cm³/mol. The van der Waals surface area contributed by atoms with Crippen molar-refractivity contribution in [2.24, 2.45) is 0 Å². The van der Waals surface area contributed by atoms with Crippen LogP contribution in [0, 0.1) is 0 Å². The van der Waals surface area contributed by atoms with Crippen LogP contribution in [0.1, 0.15) is 13.8 Å². The number of nitrogens with one attached hydrogen (secondary N) is 1. The molecule has 0 aliphatic rings. The van der Waals surface area contributed by atoms with Crippen LogP contribution in [0.15, 0.2) is 29.4 Å². The Labute approximate surface area is 162 Å². The van der Waals surface area contributed by atoms with Gasteiger partial charge in [-0.2, -0.15) is 0 Å². The standard InChI is InChI=1S/C17H24N6O3S/c1-4-19-14(24)10-22(5-2)15(25)11-27-17-21-20-16(23(17)18)12-6-8-13(26-3)9-7-12/h6-9H,4-5,10-11,18H2,1-3H3,(H,19,24). The van der Waals surface area contributed by atoms with Gasteiger partial charge in [0.25, 0.3) is 0 Å². The van der Waals surface area contributed by atoms with Crippen molar-refractivity contribution in [1.82, 2.24) is 25.1 Å². The second-order valence-corrected chi connectivity index (χ2v) is 6.50. The van der Waals surface area contributed by atoms with Crippen LogP contribution in [0.5, 0.6) is 5.75 Å². The molecule has 2 amide bonds. The molecule has 2 aromatic rings. The van der Waals surface area contributed by atoms with Crippen molar-refractivity contribution in [2.75, 3.05) is 38.3 Å². The van der Waals surface area contributed by atoms with Crippen molar-refractivity contribution in [3.05, 3.63) is 24.3 Å². The van der Waals surface area contributed by atoms with E-state index in [0.717, 1.165) is 11.3 Å². The van der Waals surface area contributed by atoms with Crippen LogP contribution in [-0.2, 0) is 9.59 Å². The van der Waals surface area contributed by atoms with Crippen LogP contribution < -0.4 is 15.9 Å². The van der Waals surface area contributed by atoms with Gasteiger partial charge in [-0.15, -0.1) is 10.2 Å². The molecule has 2 rings (SSSR count). The third-order valence-corrected chi connectivity index (χ3v) is 4.71. The van der Waals surface area contributed by atoms with Gasteiger partial charge >= 0.3 is 0 Å². The first-order valence-electron chi connectivity index (χ1n) is 8.52. The van der Waals surface area contributed by atoms with E-state index >= 15 is 0 Å². The summed E-state index contributed by atoms with van der Waals surface area (Å²) in [4.78, 5) is 25.5. The highest BCUT2D eigenvalue weighted by Crippen LogP contribution is 2.23. The number of likely N-dealkylation sites (N-methyl/N-ethyl adjacent to an activating group) is 2. The Morgan fingerprint density at radius 2 is 1.96 bits per heavy atom. The van der Waals surface area contributed by atoms with Crippen molar-refractivity contribution in [1.29, 1.82) is 0 Å². The average molecular weight is 392 g/mol. The summed E-state index contributed by atoms with van der Waals surface area (Å²) in [5.41, 5.74) is 0.787. The Kier molecular flexibility index (Phi) is 7.47. The van der Waals surface area contributed by atoms with E-state index < -0.39 is 0 Å². The monoisotopic (exact) mass is 392 g/mol.